The van der Waals surface area contributed by atoms with Gasteiger partial charge < -0.3 is 16.2 Å². The highest BCUT2D eigenvalue weighted by molar-refractivity contribution is 7.89. The van der Waals surface area contributed by atoms with Crippen LogP contribution in [0.25, 0.3) is 11.1 Å². The van der Waals surface area contributed by atoms with Crippen molar-refractivity contribution in [3.8, 4) is 17.2 Å². The zero-order valence-electron chi connectivity index (χ0n) is 19.8. The predicted octanol–water partition coefficient (Wildman–Crippen LogP) is 2.13. The second kappa shape index (κ2) is 10.9. The number of carboxylic acids is 1. The zero-order valence-corrected chi connectivity index (χ0v) is 20.6. The van der Waals surface area contributed by atoms with E-state index in [1.165, 1.54) is 12.1 Å². The van der Waals surface area contributed by atoms with E-state index in [2.05, 4.69) is 11.4 Å². The minimum atomic E-state index is -4.00. The molecule has 0 aliphatic carbocycles. The van der Waals surface area contributed by atoms with Crippen LogP contribution in [0.3, 0.4) is 0 Å². The van der Waals surface area contributed by atoms with Crippen LogP contribution in [-0.2, 0) is 26.0 Å². The van der Waals surface area contributed by atoms with Crippen molar-refractivity contribution in [2.24, 2.45) is 5.73 Å². The molecule has 9 nitrogen and oxygen atoms in total. The molecule has 190 valence electrons. The van der Waals surface area contributed by atoms with Crippen LogP contribution < -0.4 is 11.1 Å². The second-order valence-corrected chi connectivity index (χ2v) is 10.7. The van der Waals surface area contributed by atoms with Crippen LogP contribution in [0.15, 0.2) is 83.8 Å². The van der Waals surface area contributed by atoms with Gasteiger partial charge >= 0.3 is 5.97 Å². The number of nitriles is 1. The molecule has 0 spiro atoms. The monoisotopic (exact) mass is 518 g/mol. The number of amides is 1. The molecule has 3 aromatic carbocycles. The first kappa shape index (κ1) is 26.0. The Morgan fingerprint density at radius 2 is 1.70 bits per heavy atom. The minimum absolute atomic E-state index is 0.00847. The number of rotatable bonds is 8. The largest absolute Gasteiger partial charge is 0.480 e. The Balaban J connectivity index is 1.50. The summed E-state index contributed by atoms with van der Waals surface area (Å²) in [4.78, 5) is 25.1. The number of hydrogen-bond donors (Lipinski definition) is 3. The number of carbonyl (C=O) groups is 2. The summed E-state index contributed by atoms with van der Waals surface area (Å²) >= 11 is 0. The van der Waals surface area contributed by atoms with Gasteiger partial charge in [-0.2, -0.15) is 9.57 Å². The van der Waals surface area contributed by atoms with Crippen molar-refractivity contribution in [2.45, 2.75) is 35.9 Å². The topological polar surface area (TPSA) is 154 Å². The lowest BCUT2D eigenvalue weighted by Gasteiger charge is -2.25. The van der Waals surface area contributed by atoms with E-state index >= 15 is 0 Å². The smallest absolute Gasteiger partial charge is 0.326 e. The Labute approximate surface area is 215 Å². The van der Waals surface area contributed by atoms with Gasteiger partial charge in [-0.15, -0.1) is 0 Å². The van der Waals surface area contributed by atoms with E-state index in [1.807, 2.05) is 12.1 Å². The van der Waals surface area contributed by atoms with Crippen molar-refractivity contribution in [2.75, 3.05) is 6.54 Å². The number of carbonyl (C=O) groups excluding carboxylic acids is 1. The number of benzene rings is 3. The van der Waals surface area contributed by atoms with E-state index in [9.17, 15) is 28.4 Å². The van der Waals surface area contributed by atoms with E-state index in [0.717, 1.165) is 15.4 Å². The molecule has 1 fully saturated rings. The molecule has 3 atom stereocenters. The van der Waals surface area contributed by atoms with Crippen molar-refractivity contribution in [3.63, 3.8) is 0 Å². The fraction of sp³-hybridized carbons (Fsp3) is 0.222. The number of nitrogens with one attached hydrogen (secondary N) is 1. The molecule has 4 rings (SSSR count). The average Bonchev–Trinajstić information content (AvgIpc) is 3.32. The first-order valence-electron chi connectivity index (χ1n) is 11.6. The number of hydrogen-bond acceptors (Lipinski definition) is 6. The standard InChI is InChI=1S/C27H26N4O5S/c28-16-20-6-4-5-9-23(20)19-12-10-18(11-13-19)14-24(27(33)34)30-26(32)25-15-21(29)17-31(25)37(35,36)22-7-2-1-3-8-22/h1-13,21,24-25H,14-15,17,29H2,(H,30,32)(H,33,34)/t21-,24?,25?/m1/s1. The Kier molecular flexibility index (Phi) is 7.69. The van der Waals surface area contributed by atoms with Crippen molar-refractivity contribution in [1.82, 2.24) is 9.62 Å². The number of carboxylic acid groups (broad SMARTS) is 1. The minimum Gasteiger partial charge on any atom is -0.480 e. The fourth-order valence-corrected chi connectivity index (χ4v) is 6.10. The molecule has 3 aromatic rings. The van der Waals surface area contributed by atoms with Crippen molar-refractivity contribution in [3.05, 3.63) is 90.0 Å². The molecule has 1 saturated heterocycles. The van der Waals surface area contributed by atoms with Crippen molar-refractivity contribution < 1.29 is 23.1 Å². The quantitative estimate of drug-likeness (QED) is 0.413. The molecule has 0 radical (unpaired) electrons. The van der Waals surface area contributed by atoms with Crippen molar-refractivity contribution in [1.29, 1.82) is 5.26 Å². The van der Waals surface area contributed by atoms with E-state index in [1.54, 1.807) is 54.6 Å². The van der Waals surface area contributed by atoms with Gasteiger partial charge in [0.2, 0.25) is 15.9 Å². The summed E-state index contributed by atoms with van der Waals surface area (Å²) in [6.45, 7) is -0.0430. The van der Waals surface area contributed by atoms with Crippen LogP contribution in [0.2, 0.25) is 0 Å². The van der Waals surface area contributed by atoms with Crippen LogP contribution >= 0.6 is 0 Å². The summed E-state index contributed by atoms with van der Waals surface area (Å²) < 4.78 is 27.4. The highest BCUT2D eigenvalue weighted by Gasteiger charge is 2.43. The third-order valence-corrected chi connectivity index (χ3v) is 8.20. The van der Waals surface area contributed by atoms with Crippen LogP contribution in [-0.4, -0.2) is 54.4 Å². The molecular formula is C27H26N4O5S. The van der Waals surface area contributed by atoms with Crippen molar-refractivity contribution >= 4 is 21.9 Å². The maximum Gasteiger partial charge on any atom is 0.326 e. The predicted molar refractivity (Wildman–Crippen MR) is 137 cm³/mol. The van der Waals surface area contributed by atoms with E-state index in [4.69, 9.17) is 5.73 Å². The Morgan fingerprint density at radius 1 is 1.05 bits per heavy atom. The molecule has 1 amide bonds. The number of aliphatic carboxylic acids is 1. The normalized spacial score (nSPS) is 18.6. The summed E-state index contributed by atoms with van der Waals surface area (Å²) in [5, 5.41) is 21.6. The van der Waals surface area contributed by atoms with Crippen LogP contribution in [0, 0.1) is 11.3 Å². The molecule has 1 aliphatic heterocycles. The van der Waals surface area contributed by atoms with Gasteiger partial charge in [0.25, 0.3) is 0 Å². The van der Waals surface area contributed by atoms with Crippen LogP contribution in [0.5, 0.6) is 0 Å². The molecule has 0 bridgehead atoms. The fourth-order valence-electron chi connectivity index (χ4n) is 4.42. The first-order valence-corrected chi connectivity index (χ1v) is 13.1. The Hall–Kier alpha value is -4.04. The maximum absolute atomic E-state index is 13.2. The van der Waals surface area contributed by atoms with Gasteiger partial charge in [0, 0.05) is 19.0 Å². The highest BCUT2D eigenvalue weighted by atomic mass is 32.2. The van der Waals surface area contributed by atoms with E-state index in [-0.39, 0.29) is 24.3 Å². The number of nitrogens with two attached hydrogens (primary N) is 1. The van der Waals surface area contributed by atoms with Gasteiger partial charge in [0.15, 0.2) is 0 Å². The van der Waals surface area contributed by atoms with E-state index in [0.29, 0.717) is 11.1 Å². The average molecular weight is 519 g/mol. The summed E-state index contributed by atoms with van der Waals surface area (Å²) in [6, 6.07) is 21.1. The summed E-state index contributed by atoms with van der Waals surface area (Å²) in [5.41, 5.74) is 8.75. The molecule has 1 heterocycles. The van der Waals surface area contributed by atoms with Gasteiger partial charge in [-0.3, -0.25) is 4.79 Å². The molecule has 0 saturated carbocycles. The summed E-state index contributed by atoms with van der Waals surface area (Å²) in [7, 11) is -4.00. The molecular weight excluding hydrogens is 492 g/mol. The molecule has 4 N–H and O–H groups in total. The molecule has 10 heteroatoms. The van der Waals surface area contributed by atoms with Gasteiger partial charge in [-0.05, 0) is 41.3 Å². The third kappa shape index (κ3) is 5.70. The van der Waals surface area contributed by atoms with Gasteiger partial charge in [-0.1, -0.05) is 60.7 Å². The Morgan fingerprint density at radius 3 is 2.35 bits per heavy atom. The summed E-state index contributed by atoms with van der Waals surface area (Å²) in [6.07, 6.45) is 0.0721. The van der Waals surface area contributed by atoms with Gasteiger partial charge in [-0.25, -0.2) is 13.2 Å². The van der Waals surface area contributed by atoms with Crippen LogP contribution in [0.1, 0.15) is 17.5 Å². The molecule has 0 aromatic heterocycles. The number of sulfonamides is 1. The highest BCUT2D eigenvalue weighted by Crippen LogP contribution is 2.27. The summed E-state index contributed by atoms with van der Waals surface area (Å²) in [5.74, 6) is -1.95. The van der Waals surface area contributed by atoms with E-state index < -0.39 is 40.0 Å². The van der Waals surface area contributed by atoms with Crippen LogP contribution in [0.4, 0.5) is 0 Å². The Bertz CT molecular complexity index is 1440. The zero-order chi connectivity index (χ0) is 26.6. The SMILES string of the molecule is N#Cc1ccccc1-c1ccc(CC(NC(=O)C2C[C@@H](N)CN2S(=O)(=O)c2ccccc2)C(=O)O)cc1. The number of nitrogens with zero attached hydrogens (tertiary/aromatic N) is 2. The third-order valence-electron chi connectivity index (χ3n) is 6.31. The lowest BCUT2D eigenvalue weighted by molar-refractivity contribution is -0.142. The van der Waals surface area contributed by atoms with Gasteiger partial charge in [0.05, 0.1) is 16.5 Å². The first-order chi connectivity index (χ1) is 17.7. The maximum atomic E-state index is 13.2. The lowest BCUT2D eigenvalue weighted by Crippen LogP contribution is -2.51. The molecule has 37 heavy (non-hydrogen) atoms. The molecule has 2 unspecified atom stereocenters. The molecule has 1 aliphatic rings. The lowest BCUT2D eigenvalue weighted by atomic mass is 9.97. The van der Waals surface area contributed by atoms with Gasteiger partial charge in [0.1, 0.15) is 12.1 Å². The second-order valence-electron chi connectivity index (χ2n) is 8.86.